The highest BCUT2D eigenvalue weighted by atomic mass is 16.5. The molecule has 0 spiro atoms. The zero-order valence-corrected chi connectivity index (χ0v) is 7.56. The fourth-order valence-corrected chi connectivity index (χ4v) is 1.53. The number of morpholine rings is 1. The first kappa shape index (κ1) is 10.0. The van der Waals surface area contributed by atoms with Crippen molar-refractivity contribution in [1.82, 2.24) is 4.90 Å². The van der Waals surface area contributed by atoms with Crippen molar-refractivity contribution >= 4 is 5.97 Å². The van der Waals surface area contributed by atoms with Gasteiger partial charge in [-0.05, 0) is 6.92 Å². The minimum Gasteiger partial charge on any atom is -0.480 e. The number of ether oxygens (including phenoxy) is 1. The number of hydrogen-bond donors (Lipinski definition) is 1. The van der Waals surface area contributed by atoms with E-state index in [0.717, 1.165) is 0 Å². The lowest BCUT2D eigenvalue weighted by atomic mass is 10.1. The lowest BCUT2D eigenvalue weighted by molar-refractivity contribution is -0.154. The second kappa shape index (κ2) is 4.26. The topological polar surface area (TPSA) is 49.8 Å². The Morgan fingerprint density at radius 2 is 2.54 bits per heavy atom. The largest absolute Gasteiger partial charge is 0.480 e. The molecule has 0 amide bonds. The zero-order valence-electron chi connectivity index (χ0n) is 7.56. The Balaban J connectivity index is 2.69. The van der Waals surface area contributed by atoms with E-state index in [2.05, 4.69) is 5.92 Å². The third-order valence-electron chi connectivity index (χ3n) is 2.14. The summed E-state index contributed by atoms with van der Waals surface area (Å²) in [6, 6.07) is -0.607. The Labute approximate surface area is 77.5 Å². The summed E-state index contributed by atoms with van der Waals surface area (Å²) >= 11 is 0. The number of hydrogen-bond acceptors (Lipinski definition) is 3. The van der Waals surface area contributed by atoms with Gasteiger partial charge in [0.15, 0.2) is 0 Å². The maximum Gasteiger partial charge on any atom is 0.323 e. The molecule has 72 valence electrons. The van der Waals surface area contributed by atoms with E-state index >= 15 is 0 Å². The summed E-state index contributed by atoms with van der Waals surface area (Å²) in [5.74, 6) is 1.58. The predicted octanol–water partition coefficient (Wildman–Crippen LogP) is -0.207. The molecule has 1 fully saturated rings. The molecule has 1 heterocycles. The Hall–Kier alpha value is -1.05. The highest BCUT2D eigenvalue weighted by Crippen LogP contribution is 2.13. The van der Waals surface area contributed by atoms with Gasteiger partial charge in [-0.15, -0.1) is 6.42 Å². The summed E-state index contributed by atoms with van der Waals surface area (Å²) in [5, 5.41) is 8.92. The van der Waals surface area contributed by atoms with E-state index in [9.17, 15) is 4.79 Å². The molecule has 1 aliphatic rings. The Morgan fingerprint density at radius 3 is 3.08 bits per heavy atom. The molecule has 0 aromatic carbocycles. The van der Waals surface area contributed by atoms with Crippen LogP contribution >= 0.6 is 0 Å². The number of aliphatic carboxylic acids is 1. The van der Waals surface area contributed by atoms with Crippen LogP contribution in [-0.4, -0.2) is 47.8 Å². The summed E-state index contributed by atoms with van der Waals surface area (Å²) in [5.41, 5.74) is 0. The van der Waals surface area contributed by atoms with Crippen LogP contribution in [0.15, 0.2) is 0 Å². The van der Waals surface area contributed by atoms with Gasteiger partial charge in [0.2, 0.25) is 0 Å². The summed E-state index contributed by atoms with van der Waals surface area (Å²) in [7, 11) is 0. The van der Waals surface area contributed by atoms with E-state index < -0.39 is 12.0 Å². The molecule has 0 aliphatic carbocycles. The second-order valence-electron chi connectivity index (χ2n) is 3.03. The number of carboxylic acids is 1. The molecule has 1 saturated heterocycles. The van der Waals surface area contributed by atoms with Crippen LogP contribution in [0.4, 0.5) is 0 Å². The quantitative estimate of drug-likeness (QED) is 0.602. The maximum atomic E-state index is 10.9. The van der Waals surface area contributed by atoms with E-state index in [1.54, 1.807) is 11.8 Å². The number of carbonyl (C=O) groups is 1. The zero-order chi connectivity index (χ0) is 9.84. The Morgan fingerprint density at radius 1 is 1.85 bits per heavy atom. The third kappa shape index (κ3) is 2.20. The van der Waals surface area contributed by atoms with Crippen molar-refractivity contribution in [3.8, 4) is 12.3 Å². The molecule has 4 heteroatoms. The number of terminal acetylenes is 1. The summed E-state index contributed by atoms with van der Waals surface area (Å²) < 4.78 is 5.24. The first-order valence-electron chi connectivity index (χ1n) is 4.18. The van der Waals surface area contributed by atoms with E-state index in [1.807, 2.05) is 0 Å². The molecule has 13 heavy (non-hydrogen) atoms. The van der Waals surface area contributed by atoms with Crippen molar-refractivity contribution in [2.75, 3.05) is 19.7 Å². The van der Waals surface area contributed by atoms with Crippen molar-refractivity contribution in [2.45, 2.75) is 19.1 Å². The Kier molecular flexibility index (Phi) is 3.29. The van der Waals surface area contributed by atoms with Crippen LogP contribution in [0.2, 0.25) is 0 Å². The molecule has 0 radical (unpaired) electrons. The molecular formula is C9H13NO3. The SMILES string of the molecule is C#CCN1CCOC(C)C1C(=O)O. The second-order valence-corrected chi connectivity index (χ2v) is 3.03. The average molecular weight is 183 g/mol. The highest BCUT2D eigenvalue weighted by molar-refractivity contribution is 5.74. The van der Waals surface area contributed by atoms with E-state index in [1.165, 1.54) is 0 Å². The van der Waals surface area contributed by atoms with Crippen LogP contribution in [0.3, 0.4) is 0 Å². The molecule has 2 atom stereocenters. The van der Waals surface area contributed by atoms with Crippen molar-refractivity contribution in [1.29, 1.82) is 0 Å². The molecule has 0 aromatic rings. The van der Waals surface area contributed by atoms with Crippen LogP contribution in [-0.2, 0) is 9.53 Å². The minimum atomic E-state index is -0.873. The normalized spacial score (nSPS) is 29.5. The summed E-state index contributed by atoms with van der Waals surface area (Å²) in [6.07, 6.45) is 4.85. The lowest BCUT2D eigenvalue weighted by Crippen LogP contribution is -2.54. The first-order valence-corrected chi connectivity index (χ1v) is 4.18. The van der Waals surface area contributed by atoms with Gasteiger partial charge in [0.05, 0.1) is 19.3 Å². The van der Waals surface area contributed by atoms with Crippen molar-refractivity contribution in [3.63, 3.8) is 0 Å². The van der Waals surface area contributed by atoms with Gasteiger partial charge in [0.1, 0.15) is 6.04 Å². The summed E-state index contributed by atoms with van der Waals surface area (Å²) in [4.78, 5) is 12.6. The van der Waals surface area contributed by atoms with Gasteiger partial charge in [-0.25, -0.2) is 0 Å². The molecule has 4 nitrogen and oxygen atoms in total. The van der Waals surface area contributed by atoms with Crippen LogP contribution in [0.1, 0.15) is 6.92 Å². The fourth-order valence-electron chi connectivity index (χ4n) is 1.53. The van der Waals surface area contributed by atoms with Gasteiger partial charge in [-0.1, -0.05) is 5.92 Å². The van der Waals surface area contributed by atoms with Crippen LogP contribution in [0, 0.1) is 12.3 Å². The van der Waals surface area contributed by atoms with Gasteiger partial charge >= 0.3 is 5.97 Å². The predicted molar refractivity (Wildman–Crippen MR) is 47.2 cm³/mol. The van der Waals surface area contributed by atoms with Crippen molar-refractivity contribution in [3.05, 3.63) is 0 Å². The molecule has 0 saturated carbocycles. The standard InChI is InChI=1S/C9H13NO3/c1-3-4-10-5-6-13-7(2)8(10)9(11)12/h1,7-8H,4-6H2,2H3,(H,11,12). The first-order chi connectivity index (χ1) is 6.16. The van der Waals surface area contributed by atoms with Gasteiger partial charge in [-0.2, -0.15) is 0 Å². The third-order valence-corrected chi connectivity index (χ3v) is 2.14. The van der Waals surface area contributed by atoms with E-state index in [0.29, 0.717) is 19.7 Å². The van der Waals surface area contributed by atoms with E-state index in [-0.39, 0.29) is 6.10 Å². The summed E-state index contributed by atoms with van der Waals surface area (Å²) in [6.45, 7) is 3.25. The molecule has 1 N–H and O–H groups in total. The lowest BCUT2D eigenvalue weighted by Gasteiger charge is -2.35. The van der Waals surface area contributed by atoms with Crippen LogP contribution in [0.25, 0.3) is 0 Å². The van der Waals surface area contributed by atoms with E-state index in [4.69, 9.17) is 16.3 Å². The fraction of sp³-hybridized carbons (Fsp3) is 0.667. The number of rotatable bonds is 2. The monoisotopic (exact) mass is 183 g/mol. The molecule has 0 aromatic heterocycles. The minimum absolute atomic E-state index is 0.292. The number of carboxylic acid groups (broad SMARTS) is 1. The molecule has 0 bridgehead atoms. The van der Waals surface area contributed by atoms with Gasteiger partial charge < -0.3 is 9.84 Å². The van der Waals surface area contributed by atoms with Crippen LogP contribution in [0.5, 0.6) is 0 Å². The van der Waals surface area contributed by atoms with Gasteiger partial charge in [0, 0.05) is 6.54 Å². The Bertz CT molecular complexity index is 234. The maximum absolute atomic E-state index is 10.9. The molecule has 1 aliphatic heterocycles. The molecule has 2 unspecified atom stereocenters. The van der Waals surface area contributed by atoms with Gasteiger partial charge in [-0.3, -0.25) is 9.69 Å². The molecular weight excluding hydrogens is 170 g/mol. The number of nitrogens with zero attached hydrogens (tertiary/aromatic N) is 1. The smallest absolute Gasteiger partial charge is 0.323 e. The highest BCUT2D eigenvalue weighted by Gasteiger charge is 2.34. The van der Waals surface area contributed by atoms with Crippen molar-refractivity contribution in [2.24, 2.45) is 0 Å². The van der Waals surface area contributed by atoms with Gasteiger partial charge in [0.25, 0.3) is 0 Å². The van der Waals surface area contributed by atoms with Crippen molar-refractivity contribution < 1.29 is 14.6 Å². The average Bonchev–Trinajstić information content (AvgIpc) is 2.04. The molecule has 1 rings (SSSR count). The van der Waals surface area contributed by atoms with Crippen LogP contribution < -0.4 is 0 Å².